The zero-order valence-corrected chi connectivity index (χ0v) is 34.3. The van der Waals surface area contributed by atoms with Gasteiger partial charge in [0.2, 0.25) is 34.2 Å². The molecule has 0 bridgehead atoms. The molecule has 2 saturated carbocycles. The Bertz CT molecular complexity index is 1780. The van der Waals surface area contributed by atoms with E-state index in [-0.39, 0.29) is 30.8 Å². The number of aromatic carboxylic acids is 1. The summed E-state index contributed by atoms with van der Waals surface area (Å²) in [5.74, 6) is -7.11. The Morgan fingerprint density at radius 3 is 2.12 bits per heavy atom. The van der Waals surface area contributed by atoms with Gasteiger partial charge in [0.15, 0.2) is 0 Å². The predicted molar refractivity (Wildman–Crippen MR) is 202 cm³/mol. The molecule has 1 aromatic rings. The molecular weight excluding hydrogens is 777 g/mol. The molecular formula is C38H56F4N6O8S. The van der Waals surface area contributed by atoms with Gasteiger partial charge in [0.1, 0.15) is 29.8 Å². The number of piperidine rings is 1. The Balaban J connectivity index is 1.53. The van der Waals surface area contributed by atoms with E-state index in [9.17, 15) is 50.0 Å². The molecule has 1 aliphatic heterocycles. The molecule has 1 heterocycles. The molecule has 1 aromatic carbocycles. The van der Waals surface area contributed by atoms with Gasteiger partial charge in [0.25, 0.3) is 0 Å². The first kappa shape index (κ1) is 45.7. The largest absolute Gasteiger partial charge is 0.478 e. The van der Waals surface area contributed by atoms with Gasteiger partial charge in [-0.25, -0.2) is 39.9 Å². The average molecular weight is 833 g/mol. The van der Waals surface area contributed by atoms with E-state index >= 15 is 0 Å². The molecule has 14 nitrogen and oxygen atoms in total. The van der Waals surface area contributed by atoms with E-state index < -0.39 is 123 Å². The van der Waals surface area contributed by atoms with Crippen molar-refractivity contribution in [2.24, 2.45) is 28.6 Å². The lowest BCUT2D eigenvalue weighted by Crippen LogP contribution is -2.62. The lowest BCUT2D eigenvalue weighted by atomic mass is 9.83. The van der Waals surface area contributed by atoms with Crippen LogP contribution in [0.3, 0.4) is 0 Å². The topological polar surface area (TPSA) is 194 Å². The van der Waals surface area contributed by atoms with Gasteiger partial charge in [0, 0.05) is 44.7 Å². The van der Waals surface area contributed by atoms with Crippen molar-refractivity contribution in [1.29, 1.82) is 0 Å². The van der Waals surface area contributed by atoms with Crippen LogP contribution in [-0.2, 0) is 30.8 Å². The number of amides is 5. The molecule has 5 amide bonds. The number of likely N-dealkylation sites (N-methyl/N-ethyl adjacent to an activating group) is 1. The number of urea groups is 1. The predicted octanol–water partition coefficient (Wildman–Crippen LogP) is 3.50. The van der Waals surface area contributed by atoms with Gasteiger partial charge in [-0.1, -0.05) is 53.9 Å². The highest BCUT2D eigenvalue weighted by Crippen LogP contribution is 2.65. The van der Waals surface area contributed by atoms with Crippen molar-refractivity contribution in [2.75, 3.05) is 32.9 Å². The highest BCUT2D eigenvalue weighted by molar-refractivity contribution is 7.88. The molecule has 0 spiro atoms. The number of carbonyl (C=O) groups is 5. The molecule has 4 rings (SSSR count). The van der Waals surface area contributed by atoms with Gasteiger partial charge in [-0.15, -0.1) is 0 Å². The number of hydrogen-bond acceptors (Lipinski definition) is 7. The van der Waals surface area contributed by atoms with Gasteiger partial charge in [-0.3, -0.25) is 14.4 Å². The second-order valence-corrected chi connectivity index (χ2v) is 19.4. The second kappa shape index (κ2) is 17.9. The monoisotopic (exact) mass is 832 g/mol. The standard InChI is InChI=1S/C38H56F4N6O8S/c1-37(2,3)27(19-47(6)57(7,55)56)45-36(54)46-30(20-11-9-8-10-12-20)34(51)48-18-23-29(38(23,4)5)31(48)33(50)44-26(17-28(41)42)32(49)43-14-13-22-24(39)15-21(35(52)53)16-25(22)40/h15-16,20,23,26-31H,8-14,17-19H2,1-7H3,(H,43,49)(H,44,50)(H,52,53)(H2,45,46,54)/t23-,26-,27+,29-,30-,31-/m0/s1. The van der Waals surface area contributed by atoms with Crippen LogP contribution in [0.4, 0.5) is 22.4 Å². The number of nitrogens with zero attached hydrogens (tertiary/aromatic N) is 2. The molecule has 1 saturated heterocycles. The van der Waals surface area contributed by atoms with Crippen LogP contribution >= 0.6 is 0 Å². The number of carbonyl (C=O) groups excluding carboxylic acids is 4. The van der Waals surface area contributed by atoms with Gasteiger partial charge < -0.3 is 31.3 Å². The molecule has 19 heteroatoms. The SMILES string of the molecule is CN(C[C@@H](NC(=O)N[C@H](C(=O)N1C[C@H]2[C@@H]([C@H]1C(=O)N[C@@H](CC(F)F)C(=O)NCCc1c(F)cc(C(=O)O)cc1F)C2(C)C)C1CCCCC1)C(C)(C)C)S(C)(=O)=O. The number of likely N-dealkylation sites (tertiary alicyclic amines) is 1. The van der Waals surface area contributed by atoms with Crippen LogP contribution in [-0.4, -0.2) is 116 Å². The fraction of sp³-hybridized carbons (Fsp3) is 0.711. The third kappa shape index (κ3) is 11.1. The highest BCUT2D eigenvalue weighted by Gasteiger charge is 2.69. The fourth-order valence-corrected chi connectivity index (χ4v) is 8.60. The van der Waals surface area contributed by atoms with E-state index in [4.69, 9.17) is 5.11 Å². The number of alkyl halides is 2. The van der Waals surface area contributed by atoms with Crippen molar-refractivity contribution < 1.29 is 55.1 Å². The van der Waals surface area contributed by atoms with Crippen LogP contribution in [0.1, 0.15) is 89.1 Å². The lowest BCUT2D eigenvalue weighted by molar-refractivity contribution is -0.144. The van der Waals surface area contributed by atoms with Gasteiger partial charge in [0.05, 0.1) is 11.8 Å². The maximum Gasteiger partial charge on any atom is 0.335 e. The van der Waals surface area contributed by atoms with E-state index in [0.29, 0.717) is 25.0 Å². The van der Waals surface area contributed by atoms with Crippen LogP contribution in [0, 0.1) is 40.2 Å². The molecule has 0 unspecified atom stereocenters. The Hall–Kier alpha value is -4.00. The van der Waals surface area contributed by atoms with E-state index in [1.165, 1.54) is 11.9 Å². The summed E-state index contributed by atoms with van der Waals surface area (Å²) in [6.07, 6.45) is 0.256. The van der Waals surface area contributed by atoms with Crippen molar-refractivity contribution in [1.82, 2.24) is 30.5 Å². The molecule has 320 valence electrons. The number of rotatable bonds is 16. The zero-order valence-electron chi connectivity index (χ0n) is 33.5. The van der Waals surface area contributed by atoms with E-state index in [2.05, 4.69) is 21.3 Å². The Labute approximate surface area is 331 Å². The normalized spacial score (nSPS) is 22.3. The van der Waals surface area contributed by atoms with Crippen molar-refractivity contribution in [3.63, 3.8) is 0 Å². The highest BCUT2D eigenvalue weighted by atomic mass is 32.2. The number of fused-ring (bicyclic) bond motifs is 1. The number of nitrogens with one attached hydrogen (secondary N) is 4. The minimum absolute atomic E-state index is 0.0361. The van der Waals surface area contributed by atoms with Crippen LogP contribution < -0.4 is 21.3 Å². The Morgan fingerprint density at radius 1 is 1.00 bits per heavy atom. The molecule has 0 radical (unpaired) electrons. The van der Waals surface area contributed by atoms with Crippen molar-refractivity contribution in [2.45, 2.75) is 110 Å². The van der Waals surface area contributed by atoms with Crippen LogP contribution in [0.5, 0.6) is 0 Å². The van der Waals surface area contributed by atoms with Crippen LogP contribution in [0.25, 0.3) is 0 Å². The first-order chi connectivity index (χ1) is 26.3. The Morgan fingerprint density at radius 2 is 1.60 bits per heavy atom. The van der Waals surface area contributed by atoms with E-state index in [1.54, 1.807) is 0 Å². The van der Waals surface area contributed by atoms with Crippen molar-refractivity contribution in [3.8, 4) is 0 Å². The summed E-state index contributed by atoms with van der Waals surface area (Å²) in [5.41, 5.74) is -2.14. The molecule has 3 aliphatic rings. The number of carboxylic acid groups (broad SMARTS) is 1. The Kier molecular flexibility index (Phi) is 14.3. The average Bonchev–Trinajstić information content (AvgIpc) is 3.40. The summed E-state index contributed by atoms with van der Waals surface area (Å²) < 4.78 is 82.0. The van der Waals surface area contributed by atoms with E-state index in [1.807, 2.05) is 34.6 Å². The maximum atomic E-state index is 14.6. The lowest BCUT2D eigenvalue weighted by Gasteiger charge is -2.38. The fourth-order valence-electron chi connectivity index (χ4n) is 8.18. The number of hydrogen-bond donors (Lipinski definition) is 5. The number of halogens is 4. The van der Waals surface area contributed by atoms with Crippen molar-refractivity contribution >= 4 is 39.7 Å². The molecule has 0 aromatic heterocycles. The minimum Gasteiger partial charge on any atom is -0.478 e. The van der Waals surface area contributed by atoms with Crippen LogP contribution in [0.2, 0.25) is 0 Å². The third-order valence-corrected chi connectivity index (χ3v) is 13.2. The molecule has 3 fully saturated rings. The summed E-state index contributed by atoms with van der Waals surface area (Å²) in [6.45, 7) is 9.02. The maximum absolute atomic E-state index is 14.6. The van der Waals surface area contributed by atoms with Gasteiger partial charge in [-0.05, 0) is 60.0 Å². The molecule has 6 atom stereocenters. The third-order valence-electron chi connectivity index (χ3n) is 11.9. The van der Waals surface area contributed by atoms with Gasteiger partial charge >= 0.3 is 12.0 Å². The molecule has 5 N–H and O–H groups in total. The van der Waals surface area contributed by atoms with E-state index in [0.717, 1.165) is 29.8 Å². The summed E-state index contributed by atoms with van der Waals surface area (Å²) in [4.78, 5) is 68.0. The minimum atomic E-state index is -3.58. The van der Waals surface area contributed by atoms with Crippen LogP contribution in [0.15, 0.2) is 12.1 Å². The second-order valence-electron chi connectivity index (χ2n) is 17.3. The summed E-state index contributed by atoms with van der Waals surface area (Å²) in [7, 11) is -2.18. The number of carboxylic acids is 1. The zero-order chi connectivity index (χ0) is 42.8. The summed E-state index contributed by atoms with van der Waals surface area (Å²) >= 11 is 0. The quantitative estimate of drug-likeness (QED) is 0.156. The van der Waals surface area contributed by atoms with Crippen molar-refractivity contribution in [3.05, 3.63) is 34.9 Å². The first-order valence-corrected chi connectivity index (χ1v) is 21.1. The number of benzene rings is 1. The van der Waals surface area contributed by atoms with Gasteiger partial charge in [-0.2, -0.15) is 0 Å². The number of sulfonamides is 1. The summed E-state index contributed by atoms with van der Waals surface area (Å²) in [5, 5.41) is 19.4. The first-order valence-electron chi connectivity index (χ1n) is 19.2. The molecule has 57 heavy (non-hydrogen) atoms. The summed E-state index contributed by atoms with van der Waals surface area (Å²) in [6, 6.07) is -4.13. The smallest absolute Gasteiger partial charge is 0.335 e. The molecule has 2 aliphatic carbocycles.